The van der Waals surface area contributed by atoms with Gasteiger partial charge in [-0.3, -0.25) is 10.1 Å². The molecule has 3 amide bonds. The van der Waals surface area contributed by atoms with Gasteiger partial charge in [0, 0.05) is 0 Å². The van der Waals surface area contributed by atoms with Gasteiger partial charge in [0.25, 0.3) is 5.91 Å². The fourth-order valence-electron chi connectivity index (χ4n) is 1.99. The Balaban J connectivity index is 2.10. The standard InChI is InChI=1S/C16H14N2O6/c19-11-8-4-7-10(13(11)20)14(21)18-16(24)17-12(15(22)23)9-5-2-1-3-6-9/h1-8,12,19-20H,(H,22,23)(H2,17,18,21,24). The van der Waals surface area contributed by atoms with Crippen molar-refractivity contribution in [3.63, 3.8) is 0 Å². The fraction of sp³-hybridized carbons (Fsp3) is 0.0625. The summed E-state index contributed by atoms with van der Waals surface area (Å²) in [4.78, 5) is 35.1. The number of hydrogen-bond donors (Lipinski definition) is 5. The molecule has 24 heavy (non-hydrogen) atoms. The smallest absolute Gasteiger partial charge is 0.330 e. The van der Waals surface area contributed by atoms with Crippen LogP contribution in [0.5, 0.6) is 11.5 Å². The summed E-state index contributed by atoms with van der Waals surface area (Å²) >= 11 is 0. The number of rotatable bonds is 4. The van der Waals surface area contributed by atoms with Crippen LogP contribution in [0.1, 0.15) is 22.0 Å². The summed E-state index contributed by atoms with van der Waals surface area (Å²) in [5.74, 6) is -3.49. The first-order valence-electron chi connectivity index (χ1n) is 6.80. The average Bonchev–Trinajstić information content (AvgIpc) is 2.55. The third-order valence-electron chi connectivity index (χ3n) is 3.14. The number of carbonyl (C=O) groups is 3. The molecule has 8 nitrogen and oxygen atoms in total. The van der Waals surface area contributed by atoms with Gasteiger partial charge in [-0.05, 0) is 17.7 Å². The minimum Gasteiger partial charge on any atom is -0.504 e. The highest BCUT2D eigenvalue weighted by atomic mass is 16.4. The number of para-hydroxylation sites is 1. The third-order valence-corrected chi connectivity index (χ3v) is 3.14. The predicted octanol–water partition coefficient (Wildman–Crippen LogP) is 1.36. The van der Waals surface area contributed by atoms with Crippen LogP contribution in [0.25, 0.3) is 0 Å². The average molecular weight is 330 g/mol. The molecule has 0 radical (unpaired) electrons. The van der Waals surface area contributed by atoms with Crippen molar-refractivity contribution in [3.05, 3.63) is 59.7 Å². The minimum absolute atomic E-state index is 0.322. The van der Waals surface area contributed by atoms with E-state index >= 15 is 0 Å². The van der Waals surface area contributed by atoms with E-state index < -0.39 is 35.4 Å². The number of carboxylic acids is 1. The van der Waals surface area contributed by atoms with Gasteiger partial charge < -0.3 is 20.6 Å². The molecule has 8 heteroatoms. The van der Waals surface area contributed by atoms with Crippen LogP contribution in [0.3, 0.4) is 0 Å². The van der Waals surface area contributed by atoms with Gasteiger partial charge in [-0.1, -0.05) is 36.4 Å². The molecule has 5 N–H and O–H groups in total. The summed E-state index contributed by atoms with van der Waals surface area (Å²) in [5.41, 5.74) is 0.00420. The van der Waals surface area contributed by atoms with Crippen molar-refractivity contribution in [2.75, 3.05) is 0 Å². The SMILES string of the molecule is O=C(NC(=O)c1cccc(O)c1O)NC(C(=O)O)c1ccccc1. The maximum Gasteiger partial charge on any atom is 0.330 e. The lowest BCUT2D eigenvalue weighted by molar-refractivity contribution is -0.139. The first-order valence-corrected chi connectivity index (χ1v) is 6.80. The molecule has 0 saturated carbocycles. The first kappa shape index (κ1) is 16.8. The van der Waals surface area contributed by atoms with E-state index in [9.17, 15) is 29.7 Å². The Bertz CT molecular complexity index is 775. The fourth-order valence-corrected chi connectivity index (χ4v) is 1.99. The van der Waals surface area contributed by atoms with E-state index in [0.29, 0.717) is 5.56 Å². The summed E-state index contributed by atoms with van der Waals surface area (Å²) in [6.45, 7) is 0. The second-order valence-corrected chi connectivity index (χ2v) is 4.78. The highest BCUT2D eigenvalue weighted by molar-refractivity contribution is 6.06. The lowest BCUT2D eigenvalue weighted by Gasteiger charge is -2.15. The van der Waals surface area contributed by atoms with Gasteiger partial charge in [-0.15, -0.1) is 0 Å². The van der Waals surface area contributed by atoms with Crippen molar-refractivity contribution < 1.29 is 29.7 Å². The van der Waals surface area contributed by atoms with Crippen molar-refractivity contribution >= 4 is 17.9 Å². The van der Waals surface area contributed by atoms with E-state index in [-0.39, 0.29) is 5.56 Å². The number of imide groups is 1. The minimum atomic E-state index is -1.35. The number of hydrogen-bond acceptors (Lipinski definition) is 5. The van der Waals surface area contributed by atoms with Gasteiger partial charge >= 0.3 is 12.0 Å². The van der Waals surface area contributed by atoms with Crippen molar-refractivity contribution in [2.45, 2.75) is 6.04 Å². The molecule has 0 bridgehead atoms. The van der Waals surface area contributed by atoms with E-state index in [1.165, 1.54) is 30.3 Å². The molecule has 0 aliphatic rings. The van der Waals surface area contributed by atoms with Gasteiger partial charge in [0.15, 0.2) is 17.5 Å². The molecule has 124 valence electrons. The Hall–Kier alpha value is -3.55. The molecule has 0 fully saturated rings. The Kier molecular flexibility index (Phi) is 5.00. The zero-order valence-corrected chi connectivity index (χ0v) is 12.3. The number of phenolic OH excluding ortho intramolecular Hbond substituents is 2. The molecular weight excluding hydrogens is 316 g/mol. The van der Waals surface area contributed by atoms with Crippen LogP contribution >= 0.6 is 0 Å². The lowest BCUT2D eigenvalue weighted by atomic mass is 10.1. The maximum atomic E-state index is 11.9. The second-order valence-electron chi connectivity index (χ2n) is 4.78. The molecule has 0 aromatic heterocycles. The molecule has 2 aromatic carbocycles. The quantitative estimate of drug-likeness (QED) is 0.537. The molecule has 2 rings (SSSR count). The van der Waals surface area contributed by atoms with Crippen LogP contribution in [0.4, 0.5) is 4.79 Å². The highest BCUT2D eigenvalue weighted by Gasteiger charge is 2.23. The van der Waals surface area contributed by atoms with E-state index in [4.69, 9.17) is 0 Å². The molecule has 0 saturated heterocycles. The molecule has 1 unspecified atom stereocenters. The van der Waals surface area contributed by atoms with Crippen molar-refractivity contribution in [2.24, 2.45) is 0 Å². The Morgan fingerprint density at radius 1 is 0.917 bits per heavy atom. The summed E-state index contributed by atoms with van der Waals surface area (Å²) in [6.07, 6.45) is 0. The first-order chi connectivity index (χ1) is 11.4. The van der Waals surface area contributed by atoms with E-state index in [2.05, 4.69) is 5.32 Å². The normalized spacial score (nSPS) is 11.3. The molecular formula is C16H14N2O6. The third kappa shape index (κ3) is 3.80. The monoisotopic (exact) mass is 330 g/mol. The number of carboxylic acid groups (broad SMARTS) is 1. The second kappa shape index (κ2) is 7.14. The van der Waals surface area contributed by atoms with E-state index in [1.54, 1.807) is 18.2 Å². The van der Waals surface area contributed by atoms with Crippen LogP contribution in [0.2, 0.25) is 0 Å². The zero-order chi connectivity index (χ0) is 17.7. The molecule has 0 aliphatic carbocycles. The largest absolute Gasteiger partial charge is 0.504 e. The van der Waals surface area contributed by atoms with Crippen LogP contribution in [-0.2, 0) is 4.79 Å². The number of amides is 3. The number of urea groups is 1. The van der Waals surface area contributed by atoms with Gasteiger partial charge in [-0.2, -0.15) is 0 Å². The number of aliphatic carboxylic acids is 1. The number of phenols is 2. The summed E-state index contributed by atoms with van der Waals surface area (Å²) < 4.78 is 0. The molecule has 0 spiro atoms. The summed E-state index contributed by atoms with van der Waals surface area (Å²) in [6, 6.07) is 9.22. The summed E-state index contributed by atoms with van der Waals surface area (Å²) in [5, 5.41) is 32.2. The van der Waals surface area contributed by atoms with Crippen molar-refractivity contribution in [1.29, 1.82) is 0 Å². The highest BCUT2D eigenvalue weighted by Crippen LogP contribution is 2.27. The Morgan fingerprint density at radius 3 is 2.21 bits per heavy atom. The van der Waals surface area contributed by atoms with E-state index in [1.807, 2.05) is 5.32 Å². The molecule has 2 aromatic rings. The van der Waals surface area contributed by atoms with Gasteiger partial charge in [0.2, 0.25) is 0 Å². The van der Waals surface area contributed by atoms with Gasteiger partial charge in [0.05, 0.1) is 5.56 Å². The number of nitrogens with one attached hydrogen (secondary N) is 2. The molecule has 0 heterocycles. The summed E-state index contributed by atoms with van der Waals surface area (Å²) in [7, 11) is 0. The van der Waals surface area contributed by atoms with Gasteiger partial charge in [-0.25, -0.2) is 9.59 Å². The van der Waals surface area contributed by atoms with Gasteiger partial charge in [0.1, 0.15) is 0 Å². The molecule has 1 atom stereocenters. The van der Waals surface area contributed by atoms with Crippen LogP contribution in [0.15, 0.2) is 48.5 Å². The van der Waals surface area contributed by atoms with Crippen LogP contribution in [0, 0.1) is 0 Å². The van der Waals surface area contributed by atoms with Crippen LogP contribution < -0.4 is 10.6 Å². The number of benzene rings is 2. The number of carbonyl (C=O) groups excluding carboxylic acids is 2. The predicted molar refractivity (Wildman–Crippen MR) is 82.6 cm³/mol. The van der Waals surface area contributed by atoms with Crippen molar-refractivity contribution in [3.8, 4) is 11.5 Å². The number of aromatic hydroxyl groups is 2. The van der Waals surface area contributed by atoms with Crippen molar-refractivity contribution in [1.82, 2.24) is 10.6 Å². The maximum absolute atomic E-state index is 11.9. The zero-order valence-electron chi connectivity index (χ0n) is 12.3. The topological polar surface area (TPSA) is 136 Å². The lowest BCUT2D eigenvalue weighted by Crippen LogP contribution is -2.43. The molecule has 0 aliphatic heterocycles. The van der Waals surface area contributed by atoms with Crippen LogP contribution in [-0.4, -0.2) is 33.2 Å². The Morgan fingerprint density at radius 2 is 1.58 bits per heavy atom. The van der Waals surface area contributed by atoms with E-state index in [0.717, 1.165) is 0 Å². The Labute approximate surface area is 136 Å².